The molecule has 2 N–H and O–H groups in total. The Balaban J connectivity index is 1.73. The van der Waals surface area contributed by atoms with E-state index in [1.807, 2.05) is 12.1 Å². The molecular formula is C25H27BrF3N5O4. The fraction of sp³-hybridized carbons (Fsp3) is 0.360. The van der Waals surface area contributed by atoms with E-state index in [2.05, 4.69) is 41.5 Å². The number of carbonyl (C=O) groups excluding carboxylic acids is 1. The van der Waals surface area contributed by atoms with Gasteiger partial charge in [0, 0.05) is 17.6 Å². The molecule has 0 saturated heterocycles. The number of hydrogen-bond donors (Lipinski definition) is 2. The predicted molar refractivity (Wildman–Crippen MR) is 139 cm³/mol. The molecule has 3 aromatic rings. The van der Waals surface area contributed by atoms with Crippen molar-refractivity contribution in [2.24, 2.45) is 0 Å². The second-order valence-corrected chi connectivity index (χ2v) is 9.70. The van der Waals surface area contributed by atoms with Crippen LogP contribution in [0.25, 0.3) is 0 Å². The third kappa shape index (κ3) is 10.0. The van der Waals surface area contributed by atoms with Gasteiger partial charge in [-0.25, -0.2) is 4.79 Å². The fourth-order valence-corrected chi connectivity index (χ4v) is 3.06. The summed E-state index contributed by atoms with van der Waals surface area (Å²) >= 11 is 3.29. The van der Waals surface area contributed by atoms with Crippen LogP contribution in [0.5, 0.6) is 11.8 Å². The molecule has 2 aromatic carbocycles. The van der Waals surface area contributed by atoms with Crippen LogP contribution >= 0.6 is 15.9 Å². The van der Waals surface area contributed by atoms with Gasteiger partial charge in [-0.05, 0) is 62.7 Å². The molecule has 3 rings (SSSR count). The molecule has 0 aliphatic heterocycles. The second kappa shape index (κ2) is 12.8. The smallest absolute Gasteiger partial charge is 0.422 e. The Morgan fingerprint density at radius 1 is 0.921 bits per heavy atom. The molecule has 0 fully saturated rings. The maximum absolute atomic E-state index is 12.7. The maximum Gasteiger partial charge on any atom is 0.422 e. The Bertz CT molecular complexity index is 1200. The molecule has 38 heavy (non-hydrogen) atoms. The van der Waals surface area contributed by atoms with Crippen molar-refractivity contribution in [3.63, 3.8) is 0 Å². The minimum Gasteiger partial charge on any atom is -0.493 e. The Morgan fingerprint density at radius 2 is 1.58 bits per heavy atom. The van der Waals surface area contributed by atoms with E-state index in [9.17, 15) is 18.0 Å². The number of anilines is 3. The highest BCUT2D eigenvalue weighted by Crippen LogP contribution is 2.21. The van der Waals surface area contributed by atoms with Gasteiger partial charge in [-0.3, -0.25) is 0 Å². The van der Waals surface area contributed by atoms with Crippen LogP contribution in [0.3, 0.4) is 0 Å². The third-order valence-corrected chi connectivity index (χ3v) is 4.80. The average Bonchev–Trinajstić information content (AvgIpc) is 2.84. The number of hydrogen-bond acceptors (Lipinski definition) is 9. The fourth-order valence-electron chi connectivity index (χ4n) is 2.90. The number of ether oxygens (including phenoxy) is 3. The zero-order valence-electron chi connectivity index (χ0n) is 20.9. The van der Waals surface area contributed by atoms with Gasteiger partial charge in [0.05, 0.1) is 12.2 Å². The Morgan fingerprint density at radius 3 is 2.18 bits per heavy atom. The van der Waals surface area contributed by atoms with Crippen LogP contribution in [0.2, 0.25) is 0 Å². The van der Waals surface area contributed by atoms with Crippen molar-refractivity contribution in [3.8, 4) is 11.8 Å². The van der Waals surface area contributed by atoms with E-state index in [1.54, 1.807) is 57.2 Å². The van der Waals surface area contributed by atoms with E-state index >= 15 is 0 Å². The molecule has 13 heteroatoms. The number of nitrogens with one attached hydrogen (secondary N) is 2. The standard InChI is InChI=1S/C25H27BrF3N5O4/c1-24(2,3)38-20(35)17-6-8-18(9-7-17)31-22-32-21(33-23(34-22)37-15-25(27,28)29)30-14-16-4-10-19(11-5-16)36-13-12-26/h4-11H,12-15H2,1-3H3,(H2,30,31,32,33,34). The molecule has 9 nitrogen and oxygen atoms in total. The van der Waals surface area contributed by atoms with Crippen LogP contribution in [0.1, 0.15) is 36.7 Å². The molecule has 0 spiro atoms. The van der Waals surface area contributed by atoms with Gasteiger partial charge < -0.3 is 24.8 Å². The molecule has 0 atom stereocenters. The highest BCUT2D eigenvalue weighted by molar-refractivity contribution is 9.09. The molecule has 0 saturated carbocycles. The number of rotatable bonds is 11. The number of aromatic nitrogens is 3. The molecule has 0 bridgehead atoms. The topological polar surface area (TPSA) is 107 Å². The van der Waals surface area contributed by atoms with Crippen LogP contribution in [-0.2, 0) is 11.3 Å². The zero-order valence-corrected chi connectivity index (χ0v) is 22.5. The molecule has 1 aromatic heterocycles. The number of halogens is 4. The molecule has 0 unspecified atom stereocenters. The molecule has 204 valence electrons. The molecule has 0 amide bonds. The van der Waals surface area contributed by atoms with Crippen LogP contribution in [0.15, 0.2) is 48.5 Å². The summed E-state index contributed by atoms with van der Waals surface area (Å²) in [6, 6.07) is 13.0. The second-order valence-electron chi connectivity index (χ2n) is 8.91. The lowest BCUT2D eigenvalue weighted by molar-refractivity contribution is -0.154. The number of esters is 1. The van der Waals surface area contributed by atoms with Crippen LogP contribution in [0.4, 0.5) is 30.8 Å². The highest BCUT2D eigenvalue weighted by atomic mass is 79.9. The van der Waals surface area contributed by atoms with Gasteiger partial charge in [0.25, 0.3) is 0 Å². The number of benzene rings is 2. The van der Waals surface area contributed by atoms with Gasteiger partial charge in [0.2, 0.25) is 11.9 Å². The monoisotopic (exact) mass is 597 g/mol. The first-order valence-electron chi connectivity index (χ1n) is 11.5. The van der Waals surface area contributed by atoms with Gasteiger partial charge in [0.1, 0.15) is 11.4 Å². The highest BCUT2D eigenvalue weighted by Gasteiger charge is 2.29. The Kier molecular flexibility index (Phi) is 9.72. The van der Waals surface area contributed by atoms with Gasteiger partial charge in [0.15, 0.2) is 6.61 Å². The normalized spacial score (nSPS) is 11.6. The van der Waals surface area contributed by atoms with Gasteiger partial charge in [-0.2, -0.15) is 28.1 Å². The molecule has 0 radical (unpaired) electrons. The summed E-state index contributed by atoms with van der Waals surface area (Å²) < 4.78 is 53.7. The molecule has 0 aliphatic carbocycles. The Labute approximate surface area is 226 Å². The first-order valence-corrected chi connectivity index (χ1v) is 12.6. The van der Waals surface area contributed by atoms with Crippen molar-refractivity contribution in [2.75, 3.05) is 29.2 Å². The molecular weight excluding hydrogens is 571 g/mol. The molecule has 1 heterocycles. The minimum absolute atomic E-state index is 0.00432. The van der Waals surface area contributed by atoms with Crippen molar-refractivity contribution in [2.45, 2.75) is 39.1 Å². The van der Waals surface area contributed by atoms with E-state index in [-0.39, 0.29) is 18.4 Å². The summed E-state index contributed by atoms with van der Waals surface area (Å²) in [7, 11) is 0. The van der Waals surface area contributed by atoms with Crippen molar-refractivity contribution in [1.82, 2.24) is 15.0 Å². The van der Waals surface area contributed by atoms with E-state index in [1.165, 1.54) is 0 Å². The van der Waals surface area contributed by atoms with Crippen molar-refractivity contribution < 1.29 is 32.2 Å². The average molecular weight is 598 g/mol. The van der Waals surface area contributed by atoms with E-state index < -0.39 is 30.4 Å². The largest absolute Gasteiger partial charge is 0.493 e. The summed E-state index contributed by atoms with van der Waals surface area (Å²) in [5.74, 6) is 0.175. The number of carbonyl (C=O) groups is 1. The lowest BCUT2D eigenvalue weighted by Crippen LogP contribution is -2.23. The lowest BCUT2D eigenvalue weighted by atomic mass is 10.1. The summed E-state index contributed by atoms with van der Waals surface area (Å²) in [6.45, 7) is 4.55. The minimum atomic E-state index is -4.57. The van der Waals surface area contributed by atoms with Crippen molar-refractivity contribution in [1.29, 1.82) is 0 Å². The van der Waals surface area contributed by atoms with Gasteiger partial charge >= 0.3 is 18.2 Å². The van der Waals surface area contributed by atoms with Crippen LogP contribution in [0, 0.1) is 0 Å². The summed E-state index contributed by atoms with van der Waals surface area (Å²) in [5, 5.41) is 6.55. The SMILES string of the molecule is CC(C)(C)OC(=O)c1ccc(Nc2nc(NCc3ccc(OCCBr)cc3)nc(OCC(F)(F)F)n2)cc1. The predicted octanol–water partition coefficient (Wildman–Crippen LogP) is 5.90. The van der Waals surface area contributed by atoms with Gasteiger partial charge in [-0.15, -0.1) is 0 Å². The van der Waals surface area contributed by atoms with Crippen LogP contribution in [-0.4, -0.2) is 51.2 Å². The van der Waals surface area contributed by atoms with E-state index in [0.29, 0.717) is 28.9 Å². The number of alkyl halides is 4. The van der Waals surface area contributed by atoms with E-state index in [4.69, 9.17) is 14.2 Å². The Hall–Kier alpha value is -3.61. The maximum atomic E-state index is 12.7. The van der Waals surface area contributed by atoms with Gasteiger partial charge in [-0.1, -0.05) is 28.1 Å². The summed E-state index contributed by atoms with van der Waals surface area (Å²) in [4.78, 5) is 24.3. The van der Waals surface area contributed by atoms with E-state index in [0.717, 1.165) is 5.56 Å². The van der Waals surface area contributed by atoms with Crippen LogP contribution < -0.4 is 20.1 Å². The first-order chi connectivity index (χ1) is 17.9. The summed E-state index contributed by atoms with van der Waals surface area (Å²) in [5.41, 5.74) is 1.04. The third-order valence-electron chi connectivity index (χ3n) is 4.48. The zero-order chi connectivity index (χ0) is 27.8. The first kappa shape index (κ1) is 29.0. The van der Waals surface area contributed by atoms with Crippen molar-refractivity contribution in [3.05, 3.63) is 59.7 Å². The molecule has 0 aliphatic rings. The number of nitrogens with zero attached hydrogens (tertiary/aromatic N) is 3. The quantitative estimate of drug-likeness (QED) is 0.206. The van der Waals surface area contributed by atoms with Crippen molar-refractivity contribution >= 4 is 39.5 Å². The lowest BCUT2D eigenvalue weighted by Gasteiger charge is -2.19. The summed E-state index contributed by atoms with van der Waals surface area (Å²) in [6.07, 6.45) is -4.57.